The average Bonchev–Trinajstić information content (AvgIpc) is 2.58. The second-order valence-corrected chi connectivity index (χ2v) is 8.60. The number of rotatable bonds is 6. The van der Waals surface area contributed by atoms with Crippen molar-refractivity contribution in [1.82, 2.24) is 4.31 Å². The van der Waals surface area contributed by atoms with Crippen molar-refractivity contribution in [2.45, 2.75) is 25.7 Å². The van der Waals surface area contributed by atoms with Crippen molar-refractivity contribution in [3.63, 3.8) is 0 Å². The standard InChI is InChI=1S/C18H20Cl2N2O3S/c1-4-22(26(24,25)17-9-12(2)5-6-13(17)3)11-18(23)21-14-7-8-15(19)16(20)10-14/h5-10H,4,11H2,1-3H3,(H,21,23). The Hall–Kier alpha value is -1.60. The Balaban J connectivity index is 2.20. The second kappa shape index (κ2) is 8.39. The van der Waals surface area contributed by atoms with E-state index >= 15 is 0 Å². The van der Waals surface area contributed by atoms with Crippen LogP contribution in [0.25, 0.3) is 0 Å². The minimum atomic E-state index is -3.78. The molecule has 0 aliphatic heterocycles. The third-order valence-corrected chi connectivity index (χ3v) is 6.64. The number of anilines is 1. The summed E-state index contributed by atoms with van der Waals surface area (Å²) < 4.78 is 27.0. The molecule has 0 fully saturated rings. The Labute approximate surface area is 164 Å². The van der Waals surface area contributed by atoms with Crippen molar-refractivity contribution in [2.24, 2.45) is 0 Å². The third kappa shape index (κ3) is 4.76. The first-order valence-electron chi connectivity index (χ1n) is 7.97. The molecule has 26 heavy (non-hydrogen) atoms. The molecule has 1 amide bonds. The van der Waals surface area contributed by atoms with Gasteiger partial charge in [0.15, 0.2) is 0 Å². The van der Waals surface area contributed by atoms with Crippen LogP contribution in [0, 0.1) is 13.8 Å². The van der Waals surface area contributed by atoms with Gasteiger partial charge in [0.2, 0.25) is 15.9 Å². The molecule has 0 atom stereocenters. The summed E-state index contributed by atoms with van der Waals surface area (Å²) in [6, 6.07) is 9.89. The van der Waals surface area contributed by atoms with Crippen molar-refractivity contribution in [3.8, 4) is 0 Å². The number of halogens is 2. The van der Waals surface area contributed by atoms with E-state index < -0.39 is 15.9 Å². The number of amides is 1. The van der Waals surface area contributed by atoms with Gasteiger partial charge in [-0.3, -0.25) is 4.79 Å². The highest BCUT2D eigenvalue weighted by molar-refractivity contribution is 7.89. The van der Waals surface area contributed by atoms with E-state index in [1.165, 1.54) is 6.07 Å². The van der Waals surface area contributed by atoms with Gasteiger partial charge in [-0.1, -0.05) is 42.3 Å². The maximum atomic E-state index is 12.9. The van der Waals surface area contributed by atoms with Crippen LogP contribution in [0.4, 0.5) is 5.69 Å². The van der Waals surface area contributed by atoms with Gasteiger partial charge in [0.1, 0.15) is 0 Å². The van der Waals surface area contributed by atoms with E-state index in [1.54, 1.807) is 38.1 Å². The van der Waals surface area contributed by atoms with Crippen molar-refractivity contribution in [2.75, 3.05) is 18.4 Å². The number of nitrogens with one attached hydrogen (secondary N) is 1. The molecule has 140 valence electrons. The van der Waals surface area contributed by atoms with Crippen LogP contribution in [-0.4, -0.2) is 31.7 Å². The maximum absolute atomic E-state index is 12.9. The molecule has 2 aromatic rings. The lowest BCUT2D eigenvalue weighted by Gasteiger charge is -2.21. The summed E-state index contributed by atoms with van der Waals surface area (Å²) in [5.41, 5.74) is 1.93. The number of sulfonamides is 1. The summed E-state index contributed by atoms with van der Waals surface area (Å²) in [6.07, 6.45) is 0. The first-order valence-corrected chi connectivity index (χ1v) is 10.2. The highest BCUT2D eigenvalue weighted by Gasteiger charge is 2.27. The van der Waals surface area contributed by atoms with Gasteiger partial charge in [-0.2, -0.15) is 4.31 Å². The van der Waals surface area contributed by atoms with Gasteiger partial charge in [-0.15, -0.1) is 0 Å². The number of hydrogen-bond acceptors (Lipinski definition) is 3. The fourth-order valence-electron chi connectivity index (χ4n) is 2.43. The molecule has 2 rings (SSSR count). The third-order valence-electron chi connectivity index (χ3n) is 3.84. The summed E-state index contributed by atoms with van der Waals surface area (Å²) in [5, 5.41) is 3.31. The van der Waals surface area contributed by atoms with Gasteiger partial charge in [0.05, 0.1) is 21.5 Å². The normalized spacial score (nSPS) is 11.6. The molecule has 0 aliphatic carbocycles. The first-order chi connectivity index (χ1) is 12.1. The quantitative estimate of drug-likeness (QED) is 0.767. The number of carbonyl (C=O) groups is 1. The van der Waals surface area contributed by atoms with E-state index in [0.29, 0.717) is 21.3 Å². The van der Waals surface area contributed by atoms with E-state index in [9.17, 15) is 13.2 Å². The zero-order valence-corrected chi connectivity index (χ0v) is 17.0. The Bertz CT molecular complexity index is 930. The molecular formula is C18H20Cl2N2O3S. The zero-order valence-electron chi connectivity index (χ0n) is 14.7. The van der Waals surface area contributed by atoms with Gasteiger partial charge in [-0.05, 0) is 49.2 Å². The van der Waals surface area contributed by atoms with E-state index in [2.05, 4.69) is 5.32 Å². The molecule has 2 aromatic carbocycles. The number of benzene rings is 2. The molecule has 0 spiro atoms. The molecule has 0 bridgehead atoms. The average molecular weight is 415 g/mol. The SMILES string of the molecule is CCN(CC(=O)Nc1ccc(Cl)c(Cl)c1)S(=O)(=O)c1cc(C)ccc1C. The molecule has 0 unspecified atom stereocenters. The minimum absolute atomic E-state index is 0.171. The first kappa shape index (κ1) is 20.7. The van der Waals surface area contributed by atoms with E-state index in [-0.39, 0.29) is 18.0 Å². The summed E-state index contributed by atoms with van der Waals surface area (Å²) in [6.45, 7) is 5.12. The van der Waals surface area contributed by atoms with Crippen LogP contribution in [0.3, 0.4) is 0 Å². The van der Waals surface area contributed by atoms with Crippen molar-refractivity contribution in [1.29, 1.82) is 0 Å². The van der Waals surface area contributed by atoms with Crippen LogP contribution in [0.5, 0.6) is 0 Å². The van der Waals surface area contributed by atoms with Crippen molar-refractivity contribution >= 4 is 44.8 Å². The summed E-state index contributed by atoms with van der Waals surface area (Å²) in [4.78, 5) is 12.5. The highest BCUT2D eigenvalue weighted by Crippen LogP contribution is 2.25. The van der Waals surface area contributed by atoms with Crippen LogP contribution in [-0.2, 0) is 14.8 Å². The lowest BCUT2D eigenvalue weighted by molar-refractivity contribution is -0.116. The zero-order chi connectivity index (χ0) is 19.5. The van der Waals surface area contributed by atoms with Crippen molar-refractivity contribution in [3.05, 3.63) is 57.6 Å². The lowest BCUT2D eigenvalue weighted by Crippen LogP contribution is -2.38. The molecule has 0 aliphatic rings. The van der Waals surface area contributed by atoms with E-state index in [1.807, 2.05) is 13.0 Å². The van der Waals surface area contributed by atoms with E-state index in [0.717, 1.165) is 9.87 Å². The van der Waals surface area contributed by atoms with Gasteiger partial charge in [0, 0.05) is 12.2 Å². The fraction of sp³-hybridized carbons (Fsp3) is 0.278. The Morgan fingerprint density at radius 2 is 1.77 bits per heavy atom. The topological polar surface area (TPSA) is 66.5 Å². The number of likely N-dealkylation sites (N-methyl/N-ethyl adjacent to an activating group) is 1. The van der Waals surface area contributed by atoms with Crippen LogP contribution in [0.15, 0.2) is 41.3 Å². The molecule has 0 heterocycles. The number of aryl methyl sites for hydroxylation is 2. The molecule has 0 saturated heterocycles. The number of carbonyl (C=O) groups excluding carboxylic acids is 1. The summed E-state index contributed by atoms with van der Waals surface area (Å²) in [7, 11) is -3.78. The van der Waals surface area contributed by atoms with Crippen LogP contribution in [0.1, 0.15) is 18.1 Å². The smallest absolute Gasteiger partial charge is 0.243 e. The Morgan fingerprint density at radius 1 is 1.08 bits per heavy atom. The second-order valence-electron chi connectivity index (χ2n) is 5.88. The summed E-state index contributed by atoms with van der Waals surface area (Å²) >= 11 is 11.8. The largest absolute Gasteiger partial charge is 0.325 e. The van der Waals surface area contributed by atoms with Crippen LogP contribution < -0.4 is 5.32 Å². The van der Waals surface area contributed by atoms with Crippen LogP contribution in [0.2, 0.25) is 10.0 Å². The van der Waals surface area contributed by atoms with Crippen LogP contribution >= 0.6 is 23.2 Å². The number of hydrogen-bond donors (Lipinski definition) is 1. The molecule has 0 aromatic heterocycles. The predicted molar refractivity (Wildman–Crippen MR) is 105 cm³/mol. The number of nitrogens with zero attached hydrogens (tertiary/aromatic N) is 1. The molecule has 0 saturated carbocycles. The predicted octanol–water partition coefficient (Wildman–Crippen LogP) is 4.26. The van der Waals surface area contributed by atoms with Gasteiger partial charge >= 0.3 is 0 Å². The monoisotopic (exact) mass is 414 g/mol. The lowest BCUT2D eigenvalue weighted by atomic mass is 10.2. The van der Waals surface area contributed by atoms with Gasteiger partial charge in [-0.25, -0.2) is 8.42 Å². The fourth-order valence-corrected chi connectivity index (χ4v) is 4.44. The van der Waals surface area contributed by atoms with E-state index in [4.69, 9.17) is 23.2 Å². The highest BCUT2D eigenvalue weighted by atomic mass is 35.5. The minimum Gasteiger partial charge on any atom is -0.325 e. The maximum Gasteiger partial charge on any atom is 0.243 e. The molecule has 8 heteroatoms. The van der Waals surface area contributed by atoms with Crippen molar-refractivity contribution < 1.29 is 13.2 Å². The Kier molecular flexibility index (Phi) is 6.69. The molecular weight excluding hydrogens is 395 g/mol. The summed E-state index contributed by atoms with van der Waals surface area (Å²) in [5.74, 6) is -0.459. The molecule has 5 nitrogen and oxygen atoms in total. The molecule has 1 N–H and O–H groups in total. The molecule has 0 radical (unpaired) electrons. The Morgan fingerprint density at radius 3 is 2.38 bits per heavy atom. The van der Waals surface area contributed by atoms with Gasteiger partial charge < -0.3 is 5.32 Å². The van der Waals surface area contributed by atoms with Gasteiger partial charge in [0.25, 0.3) is 0 Å².